The number of para-hydroxylation sites is 1. The minimum atomic E-state index is -0.173. The predicted octanol–water partition coefficient (Wildman–Crippen LogP) is 2.92. The Morgan fingerprint density at radius 2 is 1.80 bits per heavy atom. The van der Waals surface area contributed by atoms with E-state index in [0.717, 1.165) is 5.56 Å². The summed E-state index contributed by atoms with van der Waals surface area (Å²) in [6, 6.07) is 14.4. The molecule has 3 aromatic rings. The number of benzene rings is 2. The Hall–Kier alpha value is -3.33. The minimum absolute atomic E-state index is 0.0865. The molecule has 30 heavy (non-hydrogen) atoms. The van der Waals surface area contributed by atoms with Crippen LogP contribution < -0.4 is 10.1 Å². The molecule has 2 aromatic carbocycles. The maximum Gasteiger partial charge on any atom is 0.253 e. The molecule has 1 N–H and O–H groups in total. The van der Waals surface area contributed by atoms with Gasteiger partial charge in [-0.2, -0.15) is 0 Å². The quantitative estimate of drug-likeness (QED) is 0.586. The minimum Gasteiger partial charge on any atom is -0.496 e. The summed E-state index contributed by atoms with van der Waals surface area (Å²) in [5.74, 6) is 1.29. The van der Waals surface area contributed by atoms with E-state index in [-0.39, 0.29) is 17.6 Å². The van der Waals surface area contributed by atoms with E-state index in [4.69, 9.17) is 4.74 Å². The van der Waals surface area contributed by atoms with E-state index in [1.165, 1.54) is 16.7 Å². The molecule has 0 radical (unpaired) electrons. The summed E-state index contributed by atoms with van der Waals surface area (Å²) in [5.41, 5.74) is 2.03. The van der Waals surface area contributed by atoms with Crippen LogP contribution in [0.15, 0.2) is 53.7 Å². The highest BCUT2D eigenvalue weighted by atomic mass is 32.2. The van der Waals surface area contributed by atoms with E-state index in [9.17, 15) is 9.59 Å². The maximum absolute atomic E-state index is 12.3. The first kappa shape index (κ1) is 21.4. The standard InChI is InChI=1S/C21H23N5O3S/c1-25(2)20(28)14-9-11-15(12-10-14)22-18(27)13-30-21-24-23-19(26(21)3)16-7-5-6-8-17(16)29-4/h5-12H,13H2,1-4H3,(H,22,27). The van der Waals surface area contributed by atoms with E-state index in [2.05, 4.69) is 15.5 Å². The van der Waals surface area contributed by atoms with Crippen LogP contribution in [-0.4, -0.2) is 58.4 Å². The number of rotatable bonds is 7. The molecule has 0 atom stereocenters. The molecule has 1 aromatic heterocycles. The number of carbonyl (C=O) groups excluding carboxylic acids is 2. The van der Waals surface area contributed by atoms with Crippen LogP contribution in [-0.2, 0) is 11.8 Å². The van der Waals surface area contributed by atoms with E-state index >= 15 is 0 Å². The van der Waals surface area contributed by atoms with Gasteiger partial charge in [0, 0.05) is 32.4 Å². The zero-order valence-electron chi connectivity index (χ0n) is 17.2. The van der Waals surface area contributed by atoms with Crippen LogP contribution in [0.1, 0.15) is 10.4 Å². The molecule has 0 unspecified atom stereocenters. The van der Waals surface area contributed by atoms with Gasteiger partial charge in [0.2, 0.25) is 5.91 Å². The number of hydrogen-bond acceptors (Lipinski definition) is 6. The van der Waals surface area contributed by atoms with E-state index < -0.39 is 0 Å². The number of nitrogens with zero attached hydrogens (tertiary/aromatic N) is 4. The normalized spacial score (nSPS) is 10.5. The van der Waals surface area contributed by atoms with E-state index in [0.29, 0.717) is 28.0 Å². The number of amides is 2. The smallest absolute Gasteiger partial charge is 0.253 e. The van der Waals surface area contributed by atoms with Crippen LogP contribution in [0.3, 0.4) is 0 Å². The van der Waals surface area contributed by atoms with Crippen molar-refractivity contribution in [3.63, 3.8) is 0 Å². The van der Waals surface area contributed by atoms with Gasteiger partial charge in [-0.3, -0.25) is 9.59 Å². The zero-order valence-corrected chi connectivity index (χ0v) is 18.1. The molecule has 8 nitrogen and oxygen atoms in total. The summed E-state index contributed by atoms with van der Waals surface area (Å²) in [5, 5.41) is 11.9. The first-order chi connectivity index (χ1) is 14.4. The molecule has 1 heterocycles. The fraction of sp³-hybridized carbons (Fsp3) is 0.238. The van der Waals surface area contributed by atoms with Crippen LogP contribution in [0.4, 0.5) is 5.69 Å². The number of hydrogen-bond donors (Lipinski definition) is 1. The van der Waals surface area contributed by atoms with Gasteiger partial charge in [-0.1, -0.05) is 23.9 Å². The van der Waals surface area contributed by atoms with Gasteiger partial charge in [0.15, 0.2) is 11.0 Å². The Labute approximate surface area is 179 Å². The van der Waals surface area contributed by atoms with Crippen LogP contribution in [0, 0.1) is 0 Å². The first-order valence-corrected chi connectivity index (χ1v) is 10.2. The van der Waals surface area contributed by atoms with Gasteiger partial charge in [0.1, 0.15) is 5.75 Å². The molecule has 0 aliphatic rings. The molecule has 0 saturated heterocycles. The summed E-state index contributed by atoms with van der Waals surface area (Å²) in [6.07, 6.45) is 0. The molecular weight excluding hydrogens is 402 g/mol. The number of methoxy groups -OCH3 is 1. The van der Waals surface area contributed by atoms with Gasteiger partial charge in [-0.15, -0.1) is 10.2 Å². The lowest BCUT2D eigenvalue weighted by Gasteiger charge is -2.11. The molecule has 0 aliphatic carbocycles. The van der Waals surface area contributed by atoms with Gasteiger partial charge in [-0.05, 0) is 36.4 Å². The van der Waals surface area contributed by atoms with Crippen molar-refractivity contribution < 1.29 is 14.3 Å². The Kier molecular flexibility index (Phi) is 6.73. The monoisotopic (exact) mass is 425 g/mol. The third kappa shape index (κ3) is 4.80. The number of ether oxygens (including phenoxy) is 1. The molecule has 2 amide bonds. The molecule has 156 valence electrons. The van der Waals surface area contributed by atoms with Gasteiger partial charge >= 0.3 is 0 Å². The second-order valence-corrected chi connectivity index (χ2v) is 7.62. The van der Waals surface area contributed by atoms with Crippen molar-refractivity contribution >= 4 is 29.3 Å². The lowest BCUT2D eigenvalue weighted by molar-refractivity contribution is -0.113. The van der Waals surface area contributed by atoms with Gasteiger partial charge < -0.3 is 19.5 Å². The Morgan fingerprint density at radius 1 is 1.10 bits per heavy atom. The third-order valence-corrected chi connectivity index (χ3v) is 5.36. The number of nitrogens with one attached hydrogen (secondary N) is 1. The fourth-order valence-electron chi connectivity index (χ4n) is 2.79. The fourth-order valence-corrected chi connectivity index (χ4v) is 3.50. The van der Waals surface area contributed by atoms with Crippen LogP contribution in [0.2, 0.25) is 0 Å². The molecule has 0 bridgehead atoms. The Morgan fingerprint density at radius 3 is 2.47 bits per heavy atom. The van der Waals surface area contributed by atoms with Crippen molar-refractivity contribution in [1.82, 2.24) is 19.7 Å². The zero-order chi connectivity index (χ0) is 21.7. The van der Waals surface area contributed by atoms with Crippen LogP contribution in [0.25, 0.3) is 11.4 Å². The van der Waals surface area contributed by atoms with Gasteiger partial charge in [-0.25, -0.2) is 0 Å². The second-order valence-electron chi connectivity index (χ2n) is 6.68. The number of aromatic nitrogens is 3. The highest BCUT2D eigenvalue weighted by Gasteiger charge is 2.16. The Bertz CT molecular complexity index is 1050. The lowest BCUT2D eigenvalue weighted by atomic mass is 10.2. The van der Waals surface area contributed by atoms with Crippen molar-refractivity contribution in [2.75, 3.05) is 32.3 Å². The van der Waals surface area contributed by atoms with Crippen LogP contribution >= 0.6 is 11.8 Å². The topological polar surface area (TPSA) is 89.3 Å². The molecule has 9 heteroatoms. The third-order valence-electron chi connectivity index (χ3n) is 4.34. The summed E-state index contributed by atoms with van der Waals surface area (Å²) < 4.78 is 7.22. The highest BCUT2D eigenvalue weighted by Crippen LogP contribution is 2.30. The summed E-state index contributed by atoms with van der Waals surface area (Å²) >= 11 is 1.29. The molecular formula is C21H23N5O3S. The van der Waals surface area contributed by atoms with Crippen molar-refractivity contribution in [2.24, 2.45) is 7.05 Å². The average Bonchev–Trinajstić information content (AvgIpc) is 3.12. The molecule has 0 saturated carbocycles. The van der Waals surface area contributed by atoms with E-state index in [1.807, 2.05) is 35.9 Å². The van der Waals surface area contributed by atoms with Crippen molar-refractivity contribution in [2.45, 2.75) is 5.16 Å². The first-order valence-electron chi connectivity index (χ1n) is 9.18. The van der Waals surface area contributed by atoms with Gasteiger partial charge in [0.05, 0.1) is 18.4 Å². The van der Waals surface area contributed by atoms with Crippen molar-refractivity contribution in [1.29, 1.82) is 0 Å². The molecule has 3 rings (SSSR count). The molecule has 0 aliphatic heterocycles. The van der Waals surface area contributed by atoms with E-state index in [1.54, 1.807) is 45.5 Å². The summed E-state index contributed by atoms with van der Waals surface area (Å²) in [4.78, 5) is 25.7. The number of anilines is 1. The van der Waals surface area contributed by atoms with Crippen LogP contribution in [0.5, 0.6) is 5.75 Å². The second kappa shape index (κ2) is 9.45. The molecule has 0 fully saturated rings. The summed E-state index contributed by atoms with van der Waals surface area (Å²) in [6.45, 7) is 0. The summed E-state index contributed by atoms with van der Waals surface area (Å²) in [7, 11) is 6.85. The largest absolute Gasteiger partial charge is 0.496 e. The molecule has 0 spiro atoms. The SMILES string of the molecule is COc1ccccc1-c1nnc(SCC(=O)Nc2ccc(C(=O)N(C)C)cc2)n1C. The number of carbonyl (C=O) groups is 2. The number of thioether (sulfide) groups is 1. The van der Waals surface area contributed by atoms with Crippen molar-refractivity contribution in [3.05, 3.63) is 54.1 Å². The predicted molar refractivity (Wildman–Crippen MR) is 117 cm³/mol. The van der Waals surface area contributed by atoms with Crippen molar-refractivity contribution in [3.8, 4) is 17.1 Å². The average molecular weight is 426 g/mol. The Balaban J connectivity index is 1.62. The highest BCUT2D eigenvalue weighted by molar-refractivity contribution is 7.99. The van der Waals surface area contributed by atoms with Gasteiger partial charge in [0.25, 0.3) is 5.91 Å². The maximum atomic E-state index is 12.3. The lowest BCUT2D eigenvalue weighted by Crippen LogP contribution is -2.21.